The number of aliphatic hydroxyl groups excluding tert-OH is 1. The van der Waals surface area contributed by atoms with E-state index >= 15 is 0 Å². The van der Waals surface area contributed by atoms with E-state index in [0.29, 0.717) is 0 Å². The average Bonchev–Trinajstić information content (AvgIpc) is 2.11. The minimum Gasteiger partial charge on any atom is -0.392 e. The van der Waals surface area contributed by atoms with Crippen LogP contribution in [-0.4, -0.2) is 16.0 Å². The molecule has 0 heterocycles. The number of hydrogen-bond donors (Lipinski definition) is 1. The fourth-order valence-corrected chi connectivity index (χ4v) is 2.98. The number of alkyl halides is 1. The Morgan fingerprint density at radius 2 is 1.93 bits per heavy atom. The molecule has 0 radical (unpaired) electrons. The van der Waals surface area contributed by atoms with Crippen LogP contribution in [0.3, 0.4) is 0 Å². The molecule has 4 heteroatoms. The second-order valence-corrected chi connectivity index (χ2v) is 7.15. The fraction of sp³-hybridized carbons (Fsp3) is 0.800. The Hall–Kier alpha value is 1.14. The molecule has 0 aromatic rings. The molecule has 1 nitrogen and oxygen atoms in total. The molecule has 0 aliphatic rings. The van der Waals surface area contributed by atoms with Gasteiger partial charge < -0.3 is 5.11 Å². The average molecular weight is 393 g/mol. The standard InChI is InChI=1S/C10H17Br3O/c1-2-3-4-5-6-9(14)8(11)7-10(12)13/h7-9,14H,2-6H2,1H3/t8-,9+/m1/s1. The van der Waals surface area contributed by atoms with E-state index in [-0.39, 0.29) is 10.9 Å². The van der Waals surface area contributed by atoms with Gasteiger partial charge >= 0.3 is 0 Å². The normalized spacial score (nSPS) is 14.9. The van der Waals surface area contributed by atoms with E-state index < -0.39 is 0 Å². The number of aliphatic hydroxyl groups is 1. The van der Waals surface area contributed by atoms with Crippen LogP contribution in [-0.2, 0) is 0 Å². The molecule has 0 amide bonds. The molecule has 0 saturated carbocycles. The lowest BCUT2D eigenvalue weighted by Gasteiger charge is -2.13. The number of unbranched alkanes of at least 4 members (excludes halogenated alkanes) is 3. The van der Waals surface area contributed by atoms with E-state index in [2.05, 4.69) is 54.7 Å². The second kappa shape index (κ2) is 9.37. The van der Waals surface area contributed by atoms with E-state index in [4.69, 9.17) is 0 Å². The van der Waals surface area contributed by atoms with Crippen LogP contribution in [0, 0.1) is 0 Å². The van der Waals surface area contributed by atoms with E-state index in [9.17, 15) is 5.11 Å². The zero-order chi connectivity index (χ0) is 11.0. The lowest BCUT2D eigenvalue weighted by Crippen LogP contribution is -2.18. The van der Waals surface area contributed by atoms with Crippen molar-refractivity contribution in [2.24, 2.45) is 0 Å². The minimum absolute atomic E-state index is 0.0258. The van der Waals surface area contributed by atoms with Crippen LogP contribution < -0.4 is 0 Å². The van der Waals surface area contributed by atoms with Crippen LogP contribution >= 0.6 is 47.8 Å². The van der Waals surface area contributed by atoms with Gasteiger partial charge in [-0.1, -0.05) is 48.5 Å². The van der Waals surface area contributed by atoms with Crippen LogP contribution in [0.15, 0.2) is 9.47 Å². The molecular formula is C10H17Br3O. The summed E-state index contributed by atoms with van der Waals surface area (Å²) in [6.07, 6.45) is 7.29. The highest BCUT2D eigenvalue weighted by Crippen LogP contribution is 2.21. The number of hydrogen-bond acceptors (Lipinski definition) is 1. The Kier molecular flexibility index (Phi) is 10.1. The van der Waals surface area contributed by atoms with Gasteiger partial charge in [0.05, 0.1) is 14.3 Å². The van der Waals surface area contributed by atoms with Crippen molar-refractivity contribution in [3.8, 4) is 0 Å². The van der Waals surface area contributed by atoms with Gasteiger partial charge in [-0.3, -0.25) is 0 Å². The van der Waals surface area contributed by atoms with Crippen LogP contribution in [0.25, 0.3) is 0 Å². The molecule has 2 atom stereocenters. The quantitative estimate of drug-likeness (QED) is 0.491. The van der Waals surface area contributed by atoms with Crippen LogP contribution in [0.1, 0.15) is 39.0 Å². The monoisotopic (exact) mass is 390 g/mol. The van der Waals surface area contributed by atoms with Gasteiger partial charge in [-0.05, 0) is 44.4 Å². The predicted molar refractivity (Wildman–Crippen MR) is 73.4 cm³/mol. The van der Waals surface area contributed by atoms with Crippen molar-refractivity contribution >= 4 is 47.8 Å². The van der Waals surface area contributed by atoms with Gasteiger partial charge in [0.2, 0.25) is 0 Å². The summed E-state index contributed by atoms with van der Waals surface area (Å²) in [5.74, 6) is 0. The molecule has 0 bridgehead atoms. The van der Waals surface area contributed by atoms with Crippen LogP contribution in [0.4, 0.5) is 0 Å². The highest BCUT2D eigenvalue weighted by atomic mass is 79.9. The van der Waals surface area contributed by atoms with E-state index in [1.165, 1.54) is 19.3 Å². The van der Waals surface area contributed by atoms with Gasteiger partial charge in [0, 0.05) is 0 Å². The molecule has 0 unspecified atom stereocenters. The second-order valence-electron chi connectivity index (χ2n) is 3.32. The van der Waals surface area contributed by atoms with Crippen molar-refractivity contribution in [1.82, 2.24) is 0 Å². The summed E-state index contributed by atoms with van der Waals surface area (Å²) < 4.78 is 0.875. The van der Waals surface area contributed by atoms with E-state index in [1.54, 1.807) is 0 Å². The molecule has 0 spiro atoms. The summed E-state index contributed by atoms with van der Waals surface area (Å²) >= 11 is 9.97. The third-order valence-corrected chi connectivity index (χ3v) is 3.41. The van der Waals surface area contributed by atoms with Crippen molar-refractivity contribution in [2.75, 3.05) is 0 Å². The molecule has 0 fully saturated rings. The lowest BCUT2D eigenvalue weighted by molar-refractivity contribution is 0.170. The summed E-state index contributed by atoms with van der Waals surface area (Å²) in [4.78, 5) is 0.0258. The Bertz CT molecular complexity index is 167. The number of rotatable bonds is 7. The largest absolute Gasteiger partial charge is 0.392 e. The third kappa shape index (κ3) is 8.45. The van der Waals surface area contributed by atoms with E-state index in [1.807, 2.05) is 6.08 Å². The van der Waals surface area contributed by atoms with Gasteiger partial charge in [0.25, 0.3) is 0 Å². The van der Waals surface area contributed by atoms with Crippen LogP contribution in [0.5, 0.6) is 0 Å². The van der Waals surface area contributed by atoms with Crippen molar-refractivity contribution in [3.63, 3.8) is 0 Å². The van der Waals surface area contributed by atoms with Gasteiger partial charge in [-0.15, -0.1) is 0 Å². The van der Waals surface area contributed by atoms with Crippen molar-refractivity contribution < 1.29 is 5.11 Å². The summed E-state index contributed by atoms with van der Waals surface area (Å²) in [5, 5.41) is 9.73. The van der Waals surface area contributed by atoms with Gasteiger partial charge in [-0.2, -0.15) is 0 Å². The maximum atomic E-state index is 9.73. The first-order valence-electron chi connectivity index (χ1n) is 4.93. The SMILES string of the molecule is CCCCCC[C@H](O)[C@H](Br)C=C(Br)Br. The van der Waals surface area contributed by atoms with Crippen molar-refractivity contribution in [1.29, 1.82) is 0 Å². The Morgan fingerprint density at radius 1 is 1.29 bits per heavy atom. The minimum atomic E-state index is -0.294. The molecule has 0 saturated heterocycles. The van der Waals surface area contributed by atoms with Gasteiger partial charge in [0.15, 0.2) is 0 Å². The Morgan fingerprint density at radius 3 is 2.43 bits per heavy atom. The summed E-state index contributed by atoms with van der Waals surface area (Å²) in [6.45, 7) is 2.19. The number of halogens is 3. The fourth-order valence-electron chi connectivity index (χ4n) is 1.17. The summed E-state index contributed by atoms with van der Waals surface area (Å²) in [7, 11) is 0. The highest BCUT2D eigenvalue weighted by molar-refractivity contribution is 9.28. The highest BCUT2D eigenvalue weighted by Gasteiger charge is 2.12. The smallest absolute Gasteiger partial charge is 0.0700 e. The maximum Gasteiger partial charge on any atom is 0.0700 e. The molecule has 0 aliphatic heterocycles. The van der Waals surface area contributed by atoms with Gasteiger partial charge in [-0.25, -0.2) is 0 Å². The van der Waals surface area contributed by atoms with Crippen molar-refractivity contribution in [3.05, 3.63) is 9.47 Å². The maximum absolute atomic E-state index is 9.73. The third-order valence-electron chi connectivity index (χ3n) is 2.01. The Balaban J connectivity index is 3.62. The van der Waals surface area contributed by atoms with Gasteiger partial charge in [0.1, 0.15) is 0 Å². The zero-order valence-electron chi connectivity index (χ0n) is 8.35. The molecular weight excluding hydrogens is 376 g/mol. The van der Waals surface area contributed by atoms with Crippen molar-refractivity contribution in [2.45, 2.75) is 50.0 Å². The molecule has 0 aromatic carbocycles. The predicted octanol–water partition coefficient (Wildman–Crippen LogP) is 4.71. The first-order chi connectivity index (χ1) is 6.57. The molecule has 84 valence electrons. The summed E-state index contributed by atoms with van der Waals surface area (Å²) in [5.41, 5.74) is 0. The van der Waals surface area contributed by atoms with Crippen LogP contribution in [0.2, 0.25) is 0 Å². The topological polar surface area (TPSA) is 20.2 Å². The zero-order valence-corrected chi connectivity index (χ0v) is 13.1. The summed E-state index contributed by atoms with van der Waals surface area (Å²) in [6, 6.07) is 0. The molecule has 0 rings (SSSR count). The molecule has 1 N–H and O–H groups in total. The first kappa shape index (κ1) is 15.1. The molecule has 14 heavy (non-hydrogen) atoms. The lowest BCUT2D eigenvalue weighted by atomic mass is 10.1. The molecule has 0 aromatic heterocycles. The molecule has 0 aliphatic carbocycles. The first-order valence-corrected chi connectivity index (χ1v) is 7.43. The van der Waals surface area contributed by atoms with E-state index in [0.717, 1.165) is 16.2 Å². The Labute approximate surface area is 112 Å².